The molecule has 7 heteroatoms. The number of allylic oxidation sites excluding steroid dienone is 1. The summed E-state index contributed by atoms with van der Waals surface area (Å²) in [6, 6.07) is 0.106. The Labute approximate surface area is 175 Å². The average Bonchev–Trinajstić information content (AvgIpc) is 2.99. The third kappa shape index (κ3) is 8.14. The molecular weight excluding hydrogens is 443 g/mol. The second-order valence-electron chi connectivity index (χ2n) is 7.91. The maximum Gasteiger partial charge on any atom is 0.407 e. The first kappa shape index (κ1) is 23.0. The monoisotopic (exact) mass is 478 g/mol. The molecule has 2 aliphatic rings. The van der Waals surface area contributed by atoms with E-state index in [0.29, 0.717) is 0 Å². The maximum absolute atomic E-state index is 11.9. The standard InChI is InChI=1S/C19H34N4O2.HI/c1-19(2,3)25-18(24)22-16-11-13-23(14-16)17(20-4)21-12-10-15-8-6-5-7-9-15;/h8,16H,5-7,9-14H2,1-4H3,(H,20,21)(H,22,24);1H. The number of halogens is 1. The number of carbonyl (C=O) groups is 1. The maximum atomic E-state index is 11.9. The van der Waals surface area contributed by atoms with Crippen LogP contribution >= 0.6 is 24.0 Å². The van der Waals surface area contributed by atoms with Crippen LogP contribution in [0.1, 0.15) is 59.3 Å². The van der Waals surface area contributed by atoms with E-state index in [-0.39, 0.29) is 36.1 Å². The van der Waals surface area contributed by atoms with Gasteiger partial charge in [0.15, 0.2) is 5.96 Å². The summed E-state index contributed by atoms with van der Waals surface area (Å²) in [7, 11) is 1.82. The lowest BCUT2D eigenvalue weighted by Crippen LogP contribution is -2.44. The normalized spacial score (nSPS) is 20.9. The Bertz CT molecular complexity index is 514. The van der Waals surface area contributed by atoms with Gasteiger partial charge in [-0.1, -0.05) is 11.6 Å². The number of aliphatic imine (C=N–C) groups is 1. The molecule has 150 valence electrons. The zero-order chi connectivity index (χ0) is 18.3. The third-order valence-electron chi connectivity index (χ3n) is 4.53. The minimum absolute atomic E-state index is 0. The number of ether oxygens (including phenoxy) is 1. The Morgan fingerprint density at radius 3 is 2.77 bits per heavy atom. The second-order valence-corrected chi connectivity index (χ2v) is 7.91. The number of hydrogen-bond acceptors (Lipinski definition) is 3. The zero-order valence-electron chi connectivity index (χ0n) is 16.6. The number of nitrogens with one attached hydrogen (secondary N) is 2. The topological polar surface area (TPSA) is 66.0 Å². The SMILES string of the molecule is CN=C(NCCC1=CCCCC1)N1CCC(NC(=O)OC(C)(C)C)C1.I. The molecule has 0 aromatic carbocycles. The first-order valence-electron chi connectivity index (χ1n) is 9.50. The van der Waals surface area contributed by atoms with Gasteiger partial charge in [-0.15, -0.1) is 24.0 Å². The zero-order valence-corrected chi connectivity index (χ0v) is 19.0. The van der Waals surface area contributed by atoms with Crippen LogP contribution in [0.4, 0.5) is 4.79 Å². The van der Waals surface area contributed by atoms with Gasteiger partial charge in [0, 0.05) is 26.7 Å². The molecule has 2 N–H and O–H groups in total. The van der Waals surface area contributed by atoms with Crippen LogP contribution in [-0.4, -0.2) is 55.3 Å². The molecular formula is C19H35IN4O2. The molecule has 26 heavy (non-hydrogen) atoms. The molecule has 1 aliphatic carbocycles. The fourth-order valence-electron chi connectivity index (χ4n) is 3.34. The van der Waals surface area contributed by atoms with E-state index in [0.717, 1.165) is 38.4 Å². The van der Waals surface area contributed by atoms with Gasteiger partial charge in [0.05, 0.1) is 6.04 Å². The van der Waals surface area contributed by atoms with Gasteiger partial charge in [-0.3, -0.25) is 4.99 Å². The molecule has 2 rings (SSSR count). The molecule has 0 aromatic heterocycles. The largest absolute Gasteiger partial charge is 0.444 e. The molecule has 0 bridgehead atoms. The van der Waals surface area contributed by atoms with E-state index >= 15 is 0 Å². The number of carbonyl (C=O) groups excluding carboxylic acids is 1. The van der Waals surface area contributed by atoms with Gasteiger partial charge in [-0.25, -0.2) is 4.79 Å². The van der Waals surface area contributed by atoms with Crippen LogP contribution in [0.3, 0.4) is 0 Å². The van der Waals surface area contributed by atoms with Crippen molar-refractivity contribution in [1.82, 2.24) is 15.5 Å². The lowest BCUT2D eigenvalue weighted by atomic mass is 9.97. The van der Waals surface area contributed by atoms with Crippen LogP contribution in [0.25, 0.3) is 0 Å². The summed E-state index contributed by atoms with van der Waals surface area (Å²) >= 11 is 0. The van der Waals surface area contributed by atoms with Crippen LogP contribution < -0.4 is 10.6 Å². The van der Waals surface area contributed by atoms with Crippen molar-refractivity contribution in [2.24, 2.45) is 4.99 Å². The quantitative estimate of drug-likeness (QED) is 0.280. The van der Waals surface area contributed by atoms with Gasteiger partial charge in [0.25, 0.3) is 0 Å². The third-order valence-corrected chi connectivity index (χ3v) is 4.53. The molecule has 0 spiro atoms. The summed E-state index contributed by atoms with van der Waals surface area (Å²) < 4.78 is 5.33. The highest BCUT2D eigenvalue weighted by atomic mass is 127. The number of alkyl carbamates (subject to hydrolysis) is 1. The smallest absolute Gasteiger partial charge is 0.407 e. The molecule has 1 unspecified atom stereocenters. The molecule has 1 atom stereocenters. The minimum atomic E-state index is -0.465. The summed E-state index contributed by atoms with van der Waals surface area (Å²) in [5.41, 5.74) is 1.11. The van der Waals surface area contributed by atoms with Gasteiger partial charge in [-0.05, 0) is 59.3 Å². The summed E-state index contributed by atoms with van der Waals surface area (Å²) in [6.45, 7) is 8.20. The second kappa shape index (κ2) is 11.0. The number of hydrogen-bond donors (Lipinski definition) is 2. The van der Waals surface area contributed by atoms with Gasteiger partial charge in [0.2, 0.25) is 0 Å². The van der Waals surface area contributed by atoms with E-state index in [1.165, 1.54) is 25.7 Å². The highest BCUT2D eigenvalue weighted by Crippen LogP contribution is 2.19. The molecule has 6 nitrogen and oxygen atoms in total. The predicted octanol–water partition coefficient (Wildman–Crippen LogP) is 3.67. The number of nitrogens with zero attached hydrogens (tertiary/aromatic N) is 2. The molecule has 1 heterocycles. The highest BCUT2D eigenvalue weighted by Gasteiger charge is 2.27. The van der Waals surface area contributed by atoms with E-state index in [2.05, 4.69) is 26.6 Å². The van der Waals surface area contributed by atoms with Crippen LogP contribution in [0.15, 0.2) is 16.6 Å². The van der Waals surface area contributed by atoms with Gasteiger partial charge >= 0.3 is 6.09 Å². The van der Waals surface area contributed by atoms with Crippen molar-refractivity contribution in [2.75, 3.05) is 26.7 Å². The van der Waals surface area contributed by atoms with Crippen molar-refractivity contribution in [2.45, 2.75) is 70.9 Å². The Balaban J connectivity index is 0.00000338. The summed E-state index contributed by atoms with van der Waals surface area (Å²) in [4.78, 5) is 18.5. The van der Waals surface area contributed by atoms with Crippen LogP contribution in [-0.2, 0) is 4.74 Å². The highest BCUT2D eigenvalue weighted by molar-refractivity contribution is 14.0. The van der Waals surface area contributed by atoms with Gasteiger partial charge < -0.3 is 20.3 Å². The van der Waals surface area contributed by atoms with Crippen molar-refractivity contribution in [3.63, 3.8) is 0 Å². The molecule has 0 saturated carbocycles. The molecule has 1 saturated heterocycles. The van der Waals surface area contributed by atoms with E-state index in [1.54, 1.807) is 5.57 Å². The van der Waals surface area contributed by atoms with Gasteiger partial charge in [0.1, 0.15) is 5.60 Å². The van der Waals surface area contributed by atoms with Gasteiger partial charge in [-0.2, -0.15) is 0 Å². The van der Waals surface area contributed by atoms with Crippen molar-refractivity contribution >= 4 is 36.0 Å². The van der Waals surface area contributed by atoms with E-state index in [4.69, 9.17) is 4.74 Å². The molecule has 1 amide bonds. The number of amides is 1. The Morgan fingerprint density at radius 2 is 2.15 bits per heavy atom. The molecule has 0 radical (unpaired) electrons. The molecule has 0 aromatic rings. The Morgan fingerprint density at radius 1 is 1.38 bits per heavy atom. The van der Waals surface area contributed by atoms with Crippen molar-refractivity contribution in [3.8, 4) is 0 Å². The van der Waals surface area contributed by atoms with Crippen LogP contribution in [0.5, 0.6) is 0 Å². The minimum Gasteiger partial charge on any atom is -0.444 e. The molecule has 1 aliphatic heterocycles. The fourth-order valence-corrected chi connectivity index (χ4v) is 3.34. The van der Waals surface area contributed by atoms with E-state index in [1.807, 2.05) is 27.8 Å². The lowest BCUT2D eigenvalue weighted by molar-refractivity contribution is 0.0507. The van der Waals surface area contributed by atoms with Crippen LogP contribution in [0, 0.1) is 0 Å². The first-order valence-corrected chi connectivity index (χ1v) is 9.50. The van der Waals surface area contributed by atoms with Crippen molar-refractivity contribution in [3.05, 3.63) is 11.6 Å². The first-order chi connectivity index (χ1) is 11.9. The summed E-state index contributed by atoms with van der Waals surface area (Å²) in [5, 5.41) is 6.42. The van der Waals surface area contributed by atoms with Crippen molar-refractivity contribution < 1.29 is 9.53 Å². The van der Waals surface area contributed by atoms with Crippen molar-refractivity contribution in [1.29, 1.82) is 0 Å². The Hall–Kier alpha value is -0.990. The summed E-state index contributed by atoms with van der Waals surface area (Å²) in [5.74, 6) is 0.921. The fraction of sp³-hybridized carbons (Fsp3) is 0.789. The molecule has 1 fully saturated rings. The summed E-state index contributed by atoms with van der Waals surface area (Å²) in [6.07, 6.45) is 9.18. The Kier molecular flexibility index (Phi) is 9.74. The average molecular weight is 478 g/mol. The number of rotatable bonds is 4. The number of likely N-dealkylation sites (tertiary alicyclic amines) is 1. The van der Waals surface area contributed by atoms with Crippen LogP contribution in [0.2, 0.25) is 0 Å². The number of guanidine groups is 1. The lowest BCUT2D eigenvalue weighted by Gasteiger charge is -2.23. The van der Waals surface area contributed by atoms with E-state index in [9.17, 15) is 4.79 Å². The predicted molar refractivity (Wildman–Crippen MR) is 117 cm³/mol. The van der Waals surface area contributed by atoms with E-state index < -0.39 is 5.60 Å².